The molecule has 0 aromatic heterocycles. The van der Waals surface area contributed by atoms with Gasteiger partial charge in [0.15, 0.2) is 0 Å². The van der Waals surface area contributed by atoms with Gasteiger partial charge in [0.1, 0.15) is 5.75 Å². The number of rotatable bonds is 8. The zero-order valence-corrected chi connectivity index (χ0v) is 20.3. The SMILES string of the molecule is CCC(C(=O)Oc1ccc(S(=O)(=O)Nc2ccccc2)cc1C)c1ccc(N2CCCC2)cc1. The van der Waals surface area contributed by atoms with E-state index in [0.29, 0.717) is 23.4 Å². The van der Waals surface area contributed by atoms with E-state index in [2.05, 4.69) is 21.8 Å². The molecule has 178 valence electrons. The molecule has 0 saturated carbocycles. The molecule has 3 aromatic carbocycles. The fourth-order valence-electron chi connectivity index (χ4n) is 4.23. The molecule has 1 N–H and O–H groups in total. The van der Waals surface area contributed by atoms with Crippen molar-refractivity contribution in [3.63, 3.8) is 0 Å². The minimum absolute atomic E-state index is 0.109. The Morgan fingerprint density at radius 3 is 2.29 bits per heavy atom. The third-order valence-corrected chi connectivity index (χ3v) is 7.53. The first-order valence-electron chi connectivity index (χ1n) is 11.6. The number of aryl methyl sites for hydroxylation is 1. The number of para-hydroxylation sites is 1. The van der Waals surface area contributed by atoms with E-state index in [9.17, 15) is 13.2 Å². The number of carbonyl (C=O) groups excluding carboxylic acids is 1. The first-order chi connectivity index (χ1) is 16.4. The van der Waals surface area contributed by atoms with Crippen molar-refractivity contribution in [2.45, 2.75) is 43.9 Å². The number of hydrogen-bond acceptors (Lipinski definition) is 5. The normalized spacial score (nSPS) is 14.6. The molecule has 0 spiro atoms. The molecule has 6 nitrogen and oxygen atoms in total. The van der Waals surface area contributed by atoms with Gasteiger partial charge in [0.05, 0.1) is 10.8 Å². The van der Waals surface area contributed by atoms with Crippen LogP contribution in [0.2, 0.25) is 0 Å². The molecule has 7 heteroatoms. The van der Waals surface area contributed by atoms with Gasteiger partial charge in [-0.25, -0.2) is 8.42 Å². The molecule has 1 atom stereocenters. The number of esters is 1. The number of benzene rings is 3. The van der Waals surface area contributed by atoms with Crippen molar-refractivity contribution < 1.29 is 17.9 Å². The van der Waals surface area contributed by atoms with Crippen molar-refractivity contribution in [3.8, 4) is 5.75 Å². The van der Waals surface area contributed by atoms with E-state index in [-0.39, 0.29) is 10.9 Å². The highest BCUT2D eigenvalue weighted by Gasteiger charge is 2.23. The number of sulfonamides is 1. The van der Waals surface area contributed by atoms with E-state index >= 15 is 0 Å². The van der Waals surface area contributed by atoms with Crippen LogP contribution in [0.3, 0.4) is 0 Å². The highest BCUT2D eigenvalue weighted by atomic mass is 32.2. The predicted molar refractivity (Wildman–Crippen MR) is 135 cm³/mol. The van der Waals surface area contributed by atoms with Gasteiger partial charge >= 0.3 is 5.97 Å². The molecule has 4 rings (SSSR count). The summed E-state index contributed by atoms with van der Waals surface area (Å²) in [6.07, 6.45) is 3.04. The molecular weight excluding hydrogens is 448 g/mol. The summed E-state index contributed by atoms with van der Waals surface area (Å²) in [5, 5.41) is 0. The lowest BCUT2D eigenvalue weighted by Crippen LogP contribution is -2.20. The third kappa shape index (κ3) is 5.42. The summed E-state index contributed by atoms with van der Waals surface area (Å²) < 4.78 is 33.7. The lowest BCUT2D eigenvalue weighted by Gasteiger charge is -2.20. The minimum Gasteiger partial charge on any atom is -0.426 e. The smallest absolute Gasteiger partial charge is 0.318 e. The van der Waals surface area contributed by atoms with Gasteiger partial charge in [-0.2, -0.15) is 0 Å². The van der Waals surface area contributed by atoms with Gasteiger partial charge in [0, 0.05) is 24.5 Å². The quantitative estimate of drug-likeness (QED) is 0.342. The minimum atomic E-state index is -3.75. The first-order valence-corrected chi connectivity index (χ1v) is 13.1. The Morgan fingerprint density at radius 1 is 1.00 bits per heavy atom. The van der Waals surface area contributed by atoms with Crippen LogP contribution in [-0.4, -0.2) is 27.5 Å². The summed E-state index contributed by atoms with van der Waals surface area (Å²) in [5.74, 6) is -0.386. The monoisotopic (exact) mass is 478 g/mol. The predicted octanol–water partition coefficient (Wildman–Crippen LogP) is 5.50. The molecule has 0 radical (unpaired) electrons. The molecule has 34 heavy (non-hydrogen) atoms. The molecule has 0 aliphatic carbocycles. The Bertz CT molecular complexity index is 1240. The van der Waals surface area contributed by atoms with Crippen LogP contribution in [0.5, 0.6) is 5.75 Å². The van der Waals surface area contributed by atoms with Gasteiger partial charge in [-0.05, 0) is 79.8 Å². The zero-order chi connectivity index (χ0) is 24.1. The fraction of sp³-hybridized carbons (Fsp3) is 0.296. The number of ether oxygens (including phenoxy) is 1. The van der Waals surface area contributed by atoms with Crippen molar-refractivity contribution in [1.29, 1.82) is 0 Å². The second-order valence-electron chi connectivity index (χ2n) is 8.57. The zero-order valence-electron chi connectivity index (χ0n) is 19.5. The average Bonchev–Trinajstić information content (AvgIpc) is 3.37. The lowest BCUT2D eigenvalue weighted by atomic mass is 9.96. The Labute approximate surface area is 201 Å². The van der Waals surface area contributed by atoms with Gasteiger partial charge in [-0.3, -0.25) is 9.52 Å². The molecule has 1 aliphatic rings. The van der Waals surface area contributed by atoms with Crippen LogP contribution in [0.1, 0.15) is 43.2 Å². The van der Waals surface area contributed by atoms with E-state index in [1.807, 2.05) is 25.1 Å². The number of nitrogens with one attached hydrogen (secondary N) is 1. The van der Waals surface area contributed by atoms with E-state index in [0.717, 1.165) is 18.7 Å². The maximum atomic E-state index is 13.0. The van der Waals surface area contributed by atoms with Gasteiger partial charge in [-0.15, -0.1) is 0 Å². The summed E-state index contributed by atoms with van der Waals surface area (Å²) in [6.45, 7) is 5.84. The van der Waals surface area contributed by atoms with Crippen molar-refractivity contribution >= 4 is 27.4 Å². The molecule has 1 fully saturated rings. The summed E-state index contributed by atoms with van der Waals surface area (Å²) in [5.41, 5.74) is 3.15. The van der Waals surface area contributed by atoms with Crippen LogP contribution in [0, 0.1) is 6.92 Å². The summed E-state index contributed by atoms with van der Waals surface area (Å²) in [4.78, 5) is 15.5. The second-order valence-corrected chi connectivity index (χ2v) is 10.2. The molecule has 1 saturated heterocycles. The van der Waals surface area contributed by atoms with E-state index in [4.69, 9.17) is 4.74 Å². The Hall–Kier alpha value is -3.32. The van der Waals surface area contributed by atoms with Gasteiger partial charge in [-0.1, -0.05) is 37.3 Å². The second kappa shape index (κ2) is 10.3. The maximum Gasteiger partial charge on any atom is 0.318 e. The van der Waals surface area contributed by atoms with Crippen molar-refractivity contribution in [1.82, 2.24) is 0 Å². The third-order valence-electron chi connectivity index (χ3n) is 6.15. The lowest BCUT2D eigenvalue weighted by molar-refractivity contribution is -0.136. The van der Waals surface area contributed by atoms with Crippen LogP contribution in [0.25, 0.3) is 0 Å². The molecule has 1 unspecified atom stereocenters. The Morgan fingerprint density at radius 2 is 1.68 bits per heavy atom. The molecule has 0 amide bonds. The van der Waals surface area contributed by atoms with Crippen LogP contribution in [0.4, 0.5) is 11.4 Å². The topological polar surface area (TPSA) is 75.7 Å². The first kappa shape index (κ1) is 23.8. The summed E-state index contributed by atoms with van der Waals surface area (Å²) in [7, 11) is -3.75. The summed E-state index contributed by atoms with van der Waals surface area (Å²) >= 11 is 0. The number of nitrogens with zero attached hydrogens (tertiary/aromatic N) is 1. The summed E-state index contributed by atoms with van der Waals surface area (Å²) in [6, 6.07) is 21.3. The largest absolute Gasteiger partial charge is 0.426 e. The van der Waals surface area contributed by atoms with Crippen LogP contribution >= 0.6 is 0 Å². The van der Waals surface area contributed by atoms with E-state index < -0.39 is 15.9 Å². The molecular formula is C27H30N2O4S. The average molecular weight is 479 g/mol. The Balaban J connectivity index is 1.46. The van der Waals surface area contributed by atoms with Crippen molar-refractivity contribution in [2.24, 2.45) is 0 Å². The maximum absolute atomic E-state index is 13.0. The number of carbonyl (C=O) groups is 1. The molecule has 0 bridgehead atoms. The number of anilines is 2. The highest BCUT2D eigenvalue weighted by Crippen LogP contribution is 2.29. The van der Waals surface area contributed by atoms with Gasteiger partial charge in [0.2, 0.25) is 0 Å². The Kier molecular flexibility index (Phi) is 7.22. The molecule has 3 aromatic rings. The fourth-order valence-corrected chi connectivity index (χ4v) is 5.38. The van der Waals surface area contributed by atoms with E-state index in [1.165, 1.54) is 36.7 Å². The highest BCUT2D eigenvalue weighted by molar-refractivity contribution is 7.92. The van der Waals surface area contributed by atoms with Crippen molar-refractivity contribution in [2.75, 3.05) is 22.7 Å². The van der Waals surface area contributed by atoms with E-state index in [1.54, 1.807) is 31.2 Å². The van der Waals surface area contributed by atoms with Crippen LogP contribution < -0.4 is 14.4 Å². The van der Waals surface area contributed by atoms with Gasteiger partial charge < -0.3 is 9.64 Å². The standard InChI is InChI=1S/C27H30N2O4S/c1-3-25(21-11-13-23(14-12-21)29-17-7-8-18-29)27(30)33-26-16-15-24(19-20(26)2)34(31,32)28-22-9-5-4-6-10-22/h4-6,9-16,19,25,28H,3,7-8,17-18H2,1-2H3. The van der Waals surface area contributed by atoms with Gasteiger partial charge in [0.25, 0.3) is 10.0 Å². The van der Waals surface area contributed by atoms with Crippen molar-refractivity contribution in [3.05, 3.63) is 83.9 Å². The molecule has 1 heterocycles. The molecule has 1 aliphatic heterocycles. The number of hydrogen-bond donors (Lipinski definition) is 1. The van der Waals surface area contributed by atoms with Crippen LogP contribution in [0.15, 0.2) is 77.7 Å². The van der Waals surface area contributed by atoms with Crippen LogP contribution in [-0.2, 0) is 14.8 Å².